The van der Waals surface area contributed by atoms with Crippen LogP contribution in [0, 0.1) is 0 Å². The van der Waals surface area contributed by atoms with Gasteiger partial charge in [-0.3, -0.25) is 0 Å². The summed E-state index contributed by atoms with van der Waals surface area (Å²) >= 11 is 0. The Kier molecular flexibility index (Phi) is 1.94. The number of hydrogen-bond donors (Lipinski definition) is 1. The minimum absolute atomic E-state index is 0.352. The van der Waals surface area contributed by atoms with Gasteiger partial charge in [0.05, 0.1) is 6.54 Å². The summed E-state index contributed by atoms with van der Waals surface area (Å²) in [7, 11) is 0. The number of aromatic nitrogens is 4. The summed E-state index contributed by atoms with van der Waals surface area (Å²) in [6.45, 7) is 2.43. The van der Waals surface area contributed by atoms with E-state index in [2.05, 4.69) is 22.0 Å². The van der Waals surface area contributed by atoms with Crippen LogP contribution in [0.5, 0.6) is 0 Å². The zero-order valence-electron chi connectivity index (χ0n) is 7.44. The van der Waals surface area contributed by atoms with Gasteiger partial charge < -0.3 is 5.73 Å². The normalized spacial score (nSPS) is 10.9. The van der Waals surface area contributed by atoms with E-state index in [-0.39, 0.29) is 0 Å². The molecule has 0 unspecified atom stereocenters. The molecule has 0 atom stereocenters. The number of fused-ring (bicyclic) bond motifs is 1. The van der Waals surface area contributed by atoms with Crippen molar-refractivity contribution in [2.75, 3.05) is 0 Å². The highest BCUT2D eigenvalue weighted by Gasteiger charge is 2.02. The highest BCUT2D eigenvalue weighted by molar-refractivity contribution is 5.27. The Balaban J connectivity index is 2.57. The quantitative estimate of drug-likeness (QED) is 0.708. The van der Waals surface area contributed by atoms with E-state index in [4.69, 9.17) is 5.73 Å². The SMILES string of the molecule is CCc1cnc2nc(CN)nn2c1. The van der Waals surface area contributed by atoms with E-state index in [1.54, 1.807) is 4.52 Å². The van der Waals surface area contributed by atoms with Gasteiger partial charge in [0.2, 0.25) is 0 Å². The van der Waals surface area contributed by atoms with E-state index in [1.807, 2.05) is 12.4 Å². The molecule has 0 aromatic carbocycles. The smallest absolute Gasteiger partial charge is 0.252 e. The van der Waals surface area contributed by atoms with Crippen molar-refractivity contribution in [1.82, 2.24) is 19.6 Å². The Morgan fingerprint density at radius 1 is 1.54 bits per heavy atom. The van der Waals surface area contributed by atoms with Crippen LogP contribution in [-0.4, -0.2) is 19.6 Å². The van der Waals surface area contributed by atoms with E-state index in [0.29, 0.717) is 18.1 Å². The molecule has 0 spiro atoms. The molecule has 0 aliphatic rings. The van der Waals surface area contributed by atoms with Gasteiger partial charge in [-0.05, 0) is 12.0 Å². The van der Waals surface area contributed by atoms with Gasteiger partial charge in [0.1, 0.15) is 0 Å². The van der Waals surface area contributed by atoms with Gasteiger partial charge in [-0.25, -0.2) is 9.50 Å². The molecule has 2 N–H and O–H groups in total. The molecular formula is C8H11N5. The summed E-state index contributed by atoms with van der Waals surface area (Å²) in [6, 6.07) is 0. The minimum atomic E-state index is 0.352. The molecule has 0 fully saturated rings. The van der Waals surface area contributed by atoms with Gasteiger partial charge in [0.25, 0.3) is 5.78 Å². The molecule has 0 radical (unpaired) electrons. The van der Waals surface area contributed by atoms with Crippen molar-refractivity contribution >= 4 is 5.78 Å². The van der Waals surface area contributed by atoms with Crippen molar-refractivity contribution in [3.05, 3.63) is 23.8 Å². The molecule has 5 heteroatoms. The van der Waals surface area contributed by atoms with Crippen molar-refractivity contribution in [3.63, 3.8) is 0 Å². The monoisotopic (exact) mass is 177 g/mol. The van der Waals surface area contributed by atoms with Gasteiger partial charge in [0.15, 0.2) is 5.82 Å². The number of nitrogens with zero attached hydrogens (tertiary/aromatic N) is 4. The van der Waals surface area contributed by atoms with Crippen molar-refractivity contribution in [3.8, 4) is 0 Å². The van der Waals surface area contributed by atoms with Crippen LogP contribution in [0.25, 0.3) is 5.78 Å². The second-order valence-electron chi connectivity index (χ2n) is 2.79. The first-order valence-electron chi connectivity index (χ1n) is 4.23. The highest BCUT2D eigenvalue weighted by atomic mass is 15.3. The van der Waals surface area contributed by atoms with Crippen molar-refractivity contribution in [2.45, 2.75) is 19.9 Å². The summed E-state index contributed by atoms with van der Waals surface area (Å²) < 4.78 is 1.67. The molecule has 5 nitrogen and oxygen atoms in total. The lowest BCUT2D eigenvalue weighted by molar-refractivity contribution is 0.854. The summed E-state index contributed by atoms with van der Waals surface area (Å²) in [5.74, 6) is 1.23. The lowest BCUT2D eigenvalue weighted by Crippen LogP contribution is -1.98. The summed E-state index contributed by atoms with van der Waals surface area (Å²) in [4.78, 5) is 8.28. The maximum atomic E-state index is 5.42. The second-order valence-corrected chi connectivity index (χ2v) is 2.79. The van der Waals surface area contributed by atoms with Gasteiger partial charge >= 0.3 is 0 Å². The lowest BCUT2D eigenvalue weighted by Gasteiger charge is -1.94. The standard InChI is InChI=1S/C8H11N5/c1-2-6-4-10-8-11-7(3-9)12-13(8)5-6/h4-5H,2-3,9H2,1H3. The van der Waals surface area contributed by atoms with Crippen molar-refractivity contribution < 1.29 is 0 Å². The summed E-state index contributed by atoms with van der Waals surface area (Å²) in [5, 5.41) is 4.16. The number of hydrogen-bond acceptors (Lipinski definition) is 4. The van der Waals surface area contributed by atoms with Crippen LogP contribution in [0.15, 0.2) is 12.4 Å². The first-order chi connectivity index (χ1) is 6.33. The van der Waals surface area contributed by atoms with Crippen LogP contribution >= 0.6 is 0 Å². The maximum Gasteiger partial charge on any atom is 0.252 e. The van der Waals surface area contributed by atoms with Crippen molar-refractivity contribution in [1.29, 1.82) is 0 Å². The van der Waals surface area contributed by atoms with Gasteiger partial charge in [-0.15, -0.1) is 5.10 Å². The fourth-order valence-corrected chi connectivity index (χ4v) is 1.13. The number of rotatable bonds is 2. The Labute approximate surface area is 75.6 Å². The van der Waals surface area contributed by atoms with E-state index >= 15 is 0 Å². The summed E-state index contributed by atoms with van der Waals surface area (Å²) in [6.07, 6.45) is 4.68. The molecule has 0 saturated carbocycles. The van der Waals surface area contributed by atoms with E-state index in [9.17, 15) is 0 Å². The van der Waals surface area contributed by atoms with Gasteiger partial charge in [0, 0.05) is 12.4 Å². The van der Waals surface area contributed by atoms with Crippen LogP contribution < -0.4 is 5.73 Å². The predicted octanol–water partition coefficient (Wildman–Crippen LogP) is 0.145. The minimum Gasteiger partial charge on any atom is -0.324 e. The molecule has 13 heavy (non-hydrogen) atoms. The van der Waals surface area contributed by atoms with E-state index < -0.39 is 0 Å². The average molecular weight is 177 g/mol. The molecule has 0 aliphatic heterocycles. The molecule has 0 saturated heterocycles. The molecular weight excluding hydrogens is 166 g/mol. The molecule has 2 aromatic heterocycles. The summed E-state index contributed by atoms with van der Waals surface area (Å²) in [5.41, 5.74) is 6.56. The molecule has 2 heterocycles. The third-order valence-electron chi connectivity index (χ3n) is 1.88. The fourth-order valence-electron chi connectivity index (χ4n) is 1.13. The molecule has 0 bridgehead atoms. The van der Waals surface area contributed by atoms with E-state index in [0.717, 1.165) is 12.0 Å². The highest BCUT2D eigenvalue weighted by Crippen LogP contribution is 2.01. The van der Waals surface area contributed by atoms with Gasteiger partial charge in [-0.2, -0.15) is 4.98 Å². The largest absolute Gasteiger partial charge is 0.324 e. The molecule has 2 aromatic rings. The van der Waals surface area contributed by atoms with E-state index in [1.165, 1.54) is 0 Å². The third-order valence-corrected chi connectivity index (χ3v) is 1.88. The first kappa shape index (κ1) is 8.12. The maximum absolute atomic E-state index is 5.42. The fraction of sp³-hybridized carbons (Fsp3) is 0.375. The van der Waals surface area contributed by atoms with Crippen LogP contribution in [-0.2, 0) is 13.0 Å². The van der Waals surface area contributed by atoms with Crippen molar-refractivity contribution in [2.24, 2.45) is 5.73 Å². The predicted molar refractivity (Wildman–Crippen MR) is 48.1 cm³/mol. The van der Waals surface area contributed by atoms with Crippen LogP contribution in [0.4, 0.5) is 0 Å². The Morgan fingerprint density at radius 2 is 2.38 bits per heavy atom. The average Bonchev–Trinajstić information content (AvgIpc) is 2.58. The van der Waals surface area contributed by atoms with Crippen LogP contribution in [0.3, 0.4) is 0 Å². The van der Waals surface area contributed by atoms with Crippen LogP contribution in [0.2, 0.25) is 0 Å². The zero-order valence-corrected chi connectivity index (χ0v) is 7.44. The van der Waals surface area contributed by atoms with Crippen LogP contribution in [0.1, 0.15) is 18.3 Å². The topological polar surface area (TPSA) is 69.1 Å². The number of aryl methyl sites for hydroxylation is 1. The molecule has 0 aliphatic carbocycles. The second kappa shape index (κ2) is 3.10. The first-order valence-corrected chi connectivity index (χ1v) is 4.23. The molecule has 68 valence electrons. The Hall–Kier alpha value is -1.49. The third kappa shape index (κ3) is 1.38. The molecule has 0 amide bonds. The zero-order chi connectivity index (χ0) is 9.26. The lowest BCUT2D eigenvalue weighted by atomic mass is 10.3. The Morgan fingerprint density at radius 3 is 3.08 bits per heavy atom. The molecule has 2 rings (SSSR count). The number of nitrogens with two attached hydrogens (primary N) is 1. The van der Waals surface area contributed by atoms with Gasteiger partial charge in [-0.1, -0.05) is 6.92 Å². The Bertz CT molecular complexity index is 417.